The fourth-order valence-electron chi connectivity index (χ4n) is 1.14. The summed E-state index contributed by atoms with van der Waals surface area (Å²) in [7, 11) is 0. The van der Waals surface area contributed by atoms with Crippen LogP contribution in [0.15, 0.2) is 24.7 Å². The first kappa shape index (κ1) is 13.0. The second-order valence-corrected chi connectivity index (χ2v) is 3.49. The maximum Gasteiger partial charge on any atom is 0.243 e. The second-order valence-electron chi connectivity index (χ2n) is 3.49. The Bertz CT molecular complexity index is 406. The lowest BCUT2D eigenvalue weighted by Gasteiger charge is -2.14. The van der Waals surface area contributed by atoms with Gasteiger partial charge in [0, 0.05) is 0 Å². The SMILES string of the molecule is CC=CC(=O)NC(C)COc1cncnc1N. The number of amides is 1. The van der Waals surface area contributed by atoms with Gasteiger partial charge in [0.05, 0.1) is 12.2 Å². The first-order chi connectivity index (χ1) is 8.13. The van der Waals surface area contributed by atoms with Gasteiger partial charge in [-0.2, -0.15) is 0 Å². The summed E-state index contributed by atoms with van der Waals surface area (Å²) in [6, 6.07) is -0.127. The Balaban J connectivity index is 2.41. The van der Waals surface area contributed by atoms with Crippen LogP contribution in [0.1, 0.15) is 13.8 Å². The molecule has 0 aliphatic rings. The third-order valence-corrected chi connectivity index (χ3v) is 1.90. The maximum absolute atomic E-state index is 11.2. The van der Waals surface area contributed by atoms with Crippen molar-refractivity contribution in [3.05, 3.63) is 24.7 Å². The van der Waals surface area contributed by atoms with Gasteiger partial charge in [0.25, 0.3) is 0 Å². The fraction of sp³-hybridized carbons (Fsp3) is 0.364. The van der Waals surface area contributed by atoms with Crippen LogP contribution in [0.25, 0.3) is 0 Å². The van der Waals surface area contributed by atoms with Gasteiger partial charge in [0.15, 0.2) is 11.6 Å². The van der Waals surface area contributed by atoms with Crippen LogP contribution >= 0.6 is 0 Å². The molecule has 6 nitrogen and oxygen atoms in total. The number of carbonyl (C=O) groups excluding carboxylic acids is 1. The van der Waals surface area contributed by atoms with Gasteiger partial charge >= 0.3 is 0 Å². The number of nitrogens with one attached hydrogen (secondary N) is 1. The van der Waals surface area contributed by atoms with Gasteiger partial charge in [-0.15, -0.1) is 0 Å². The molecule has 0 aromatic carbocycles. The average molecular weight is 236 g/mol. The summed E-state index contributed by atoms with van der Waals surface area (Å²) in [5.41, 5.74) is 5.58. The van der Waals surface area contributed by atoms with E-state index in [1.54, 1.807) is 13.0 Å². The van der Waals surface area contributed by atoms with E-state index in [1.807, 2.05) is 6.92 Å². The van der Waals surface area contributed by atoms with E-state index in [-0.39, 0.29) is 17.8 Å². The van der Waals surface area contributed by atoms with Crippen molar-refractivity contribution in [1.29, 1.82) is 0 Å². The van der Waals surface area contributed by atoms with E-state index in [0.717, 1.165) is 0 Å². The number of anilines is 1. The van der Waals surface area contributed by atoms with Gasteiger partial charge in [-0.1, -0.05) is 6.08 Å². The van der Waals surface area contributed by atoms with Gasteiger partial charge in [-0.05, 0) is 19.9 Å². The zero-order chi connectivity index (χ0) is 12.7. The number of allylic oxidation sites excluding steroid dienone is 1. The van der Waals surface area contributed by atoms with E-state index in [4.69, 9.17) is 10.5 Å². The molecule has 1 aromatic rings. The van der Waals surface area contributed by atoms with E-state index in [0.29, 0.717) is 12.4 Å². The number of ether oxygens (including phenoxy) is 1. The number of aromatic nitrogens is 2. The number of nitrogens with two attached hydrogens (primary N) is 1. The van der Waals surface area contributed by atoms with Gasteiger partial charge in [-0.3, -0.25) is 4.79 Å². The summed E-state index contributed by atoms with van der Waals surface area (Å²) < 4.78 is 5.39. The highest BCUT2D eigenvalue weighted by Crippen LogP contribution is 2.15. The Labute approximate surface area is 99.9 Å². The van der Waals surface area contributed by atoms with E-state index in [2.05, 4.69) is 15.3 Å². The molecule has 0 saturated carbocycles. The lowest BCUT2D eigenvalue weighted by Crippen LogP contribution is -2.35. The van der Waals surface area contributed by atoms with Crippen LogP contribution in [0.5, 0.6) is 5.75 Å². The van der Waals surface area contributed by atoms with Crippen LogP contribution in [0.4, 0.5) is 5.82 Å². The third kappa shape index (κ3) is 4.50. The number of hydrogen-bond acceptors (Lipinski definition) is 5. The van der Waals surface area contributed by atoms with Crippen LogP contribution < -0.4 is 15.8 Å². The molecule has 1 heterocycles. The lowest BCUT2D eigenvalue weighted by atomic mass is 10.3. The quantitative estimate of drug-likeness (QED) is 0.727. The van der Waals surface area contributed by atoms with Crippen molar-refractivity contribution in [3.8, 4) is 5.75 Å². The fourth-order valence-corrected chi connectivity index (χ4v) is 1.14. The van der Waals surface area contributed by atoms with Crippen molar-refractivity contribution < 1.29 is 9.53 Å². The number of nitrogens with zero attached hydrogens (tertiary/aromatic N) is 2. The van der Waals surface area contributed by atoms with Crippen LogP contribution in [0.3, 0.4) is 0 Å². The van der Waals surface area contributed by atoms with Crippen molar-refractivity contribution in [2.45, 2.75) is 19.9 Å². The van der Waals surface area contributed by atoms with Gasteiger partial charge in [-0.25, -0.2) is 9.97 Å². The molecule has 0 aliphatic heterocycles. The Morgan fingerprint density at radius 2 is 2.47 bits per heavy atom. The number of nitrogen functional groups attached to an aromatic ring is 1. The molecule has 1 aromatic heterocycles. The zero-order valence-corrected chi connectivity index (χ0v) is 9.88. The van der Waals surface area contributed by atoms with Crippen LogP contribution in [-0.4, -0.2) is 28.5 Å². The summed E-state index contributed by atoms with van der Waals surface area (Å²) in [5.74, 6) is 0.549. The Kier molecular flexibility index (Phi) is 4.93. The molecular formula is C11H16N4O2. The van der Waals surface area contributed by atoms with E-state index in [9.17, 15) is 4.79 Å². The first-order valence-corrected chi connectivity index (χ1v) is 5.25. The largest absolute Gasteiger partial charge is 0.486 e. The smallest absolute Gasteiger partial charge is 0.243 e. The van der Waals surface area contributed by atoms with Crippen molar-refractivity contribution in [1.82, 2.24) is 15.3 Å². The highest BCUT2D eigenvalue weighted by molar-refractivity contribution is 5.87. The molecule has 3 N–H and O–H groups in total. The molecule has 0 aliphatic carbocycles. The minimum atomic E-state index is -0.152. The average Bonchev–Trinajstić information content (AvgIpc) is 2.28. The number of carbonyl (C=O) groups is 1. The summed E-state index contributed by atoms with van der Waals surface area (Å²) in [6.07, 6.45) is 5.96. The van der Waals surface area contributed by atoms with E-state index in [1.165, 1.54) is 18.6 Å². The van der Waals surface area contributed by atoms with Crippen molar-refractivity contribution in [2.75, 3.05) is 12.3 Å². The molecule has 0 bridgehead atoms. The van der Waals surface area contributed by atoms with Crippen molar-refractivity contribution in [3.63, 3.8) is 0 Å². The highest BCUT2D eigenvalue weighted by atomic mass is 16.5. The predicted octanol–water partition coefficient (Wildman–Crippen LogP) is 0.518. The van der Waals surface area contributed by atoms with Gasteiger partial charge in [0.2, 0.25) is 5.91 Å². The van der Waals surface area contributed by atoms with Crippen LogP contribution in [-0.2, 0) is 4.79 Å². The highest BCUT2D eigenvalue weighted by Gasteiger charge is 2.07. The minimum Gasteiger partial charge on any atom is -0.486 e. The molecule has 0 spiro atoms. The van der Waals surface area contributed by atoms with Crippen molar-refractivity contribution in [2.24, 2.45) is 0 Å². The molecule has 1 atom stereocenters. The standard InChI is InChI=1S/C11H16N4O2/c1-3-4-10(16)15-8(2)6-17-9-5-13-7-14-11(9)12/h3-5,7-8H,6H2,1-2H3,(H,15,16)(H2,12,13,14). The monoisotopic (exact) mass is 236 g/mol. The molecule has 17 heavy (non-hydrogen) atoms. The molecule has 6 heteroatoms. The molecule has 0 saturated heterocycles. The van der Waals surface area contributed by atoms with E-state index >= 15 is 0 Å². The van der Waals surface area contributed by atoms with Gasteiger partial charge < -0.3 is 15.8 Å². The molecule has 1 rings (SSSR count). The first-order valence-electron chi connectivity index (χ1n) is 5.25. The van der Waals surface area contributed by atoms with Crippen LogP contribution in [0, 0.1) is 0 Å². The maximum atomic E-state index is 11.2. The molecular weight excluding hydrogens is 220 g/mol. The summed E-state index contributed by atoms with van der Waals surface area (Å²) >= 11 is 0. The van der Waals surface area contributed by atoms with E-state index < -0.39 is 0 Å². The number of rotatable bonds is 5. The molecule has 1 amide bonds. The molecule has 0 fully saturated rings. The number of hydrogen-bond donors (Lipinski definition) is 2. The Morgan fingerprint density at radius 1 is 1.71 bits per heavy atom. The summed E-state index contributed by atoms with van der Waals surface area (Å²) in [6.45, 7) is 3.92. The predicted molar refractivity (Wildman–Crippen MR) is 64.4 cm³/mol. The molecule has 0 radical (unpaired) electrons. The normalized spacial score (nSPS) is 12.4. The second kappa shape index (κ2) is 6.47. The molecule has 92 valence electrons. The minimum absolute atomic E-state index is 0.127. The third-order valence-electron chi connectivity index (χ3n) is 1.90. The summed E-state index contributed by atoms with van der Waals surface area (Å²) in [4.78, 5) is 18.8. The Morgan fingerprint density at radius 3 is 3.12 bits per heavy atom. The lowest BCUT2D eigenvalue weighted by molar-refractivity contribution is -0.117. The molecule has 1 unspecified atom stereocenters. The van der Waals surface area contributed by atoms with Gasteiger partial charge in [0.1, 0.15) is 12.9 Å². The Hall–Kier alpha value is -2.11. The topological polar surface area (TPSA) is 90.1 Å². The van der Waals surface area contributed by atoms with Crippen LogP contribution in [0.2, 0.25) is 0 Å². The zero-order valence-electron chi connectivity index (χ0n) is 9.88. The summed E-state index contributed by atoms with van der Waals surface area (Å²) in [5, 5.41) is 2.74. The van der Waals surface area contributed by atoms with Crippen molar-refractivity contribution >= 4 is 11.7 Å².